The van der Waals surface area contributed by atoms with Gasteiger partial charge in [0.15, 0.2) is 0 Å². The SMILES string of the molecule is Cc1c(CN)c2cc(Cl)c(Br)cc2n1C. The number of halogens is 2. The molecule has 15 heavy (non-hydrogen) atoms. The zero-order valence-electron chi connectivity index (χ0n) is 8.64. The van der Waals surface area contributed by atoms with E-state index in [9.17, 15) is 0 Å². The highest BCUT2D eigenvalue weighted by atomic mass is 79.9. The van der Waals surface area contributed by atoms with Crippen molar-refractivity contribution >= 4 is 38.4 Å². The average molecular weight is 288 g/mol. The van der Waals surface area contributed by atoms with Gasteiger partial charge in [-0.1, -0.05) is 11.6 Å². The van der Waals surface area contributed by atoms with Gasteiger partial charge in [-0.15, -0.1) is 0 Å². The van der Waals surface area contributed by atoms with Crippen molar-refractivity contribution in [1.29, 1.82) is 0 Å². The maximum absolute atomic E-state index is 6.08. The Balaban J connectivity index is 2.91. The van der Waals surface area contributed by atoms with Gasteiger partial charge in [-0.25, -0.2) is 0 Å². The monoisotopic (exact) mass is 286 g/mol. The summed E-state index contributed by atoms with van der Waals surface area (Å²) in [5, 5.41) is 1.87. The summed E-state index contributed by atoms with van der Waals surface area (Å²) in [6, 6.07) is 4.00. The predicted octanol–water partition coefficient (Wildman–Crippen LogP) is 3.36. The number of nitrogens with two attached hydrogens (primary N) is 1. The molecule has 0 fully saturated rings. The van der Waals surface area contributed by atoms with Crippen LogP contribution in [-0.2, 0) is 13.6 Å². The summed E-state index contributed by atoms with van der Waals surface area (Å²) >= 11 is 9.51. The van der Waals surface area contributed by atoms with Gasteiger partial charge in [0.1, 0.15) is 0 Å². The van der Waals surface area contributed by atoms with E-state index in [4.69, 9.17) is 17.3 Å². The van der Waals surface area contributed by atoms with Crippen LogP contribution in [0.5, 0.6) is 0 Å². The molecule has 2 rings (SSSR count). The van der Waals surface area contributed by atoms with Gasteiger partial charge in [-0.05, 0) is 40.5 Å². The Morgan fingerprint density at radius 2 is 2.13 bits per heavy atom. The molecule has 0 unspecified atom stereocenters. The second kappa shape index (κ2) is 3.81. The second-order valence-corrected chi connectivity index (χ2v) is 4.87. The molecule has 0 spiro atoms. The minimum Gasteiger partial charge on any atom is -0.348 e. The molecule has 0 radical (unpaired) electrons. The van der Waals surface area contributed by atoms with E-state index in [1.807, 2.05) is 19.2 Å². The molecule has 1 heterocycles. The summed E-state index contributed by atoms with van der Waals surface area (Å²) in [5.41, 5.74) is 9.27. The number of fused-ring (bicyclic) bond motifs is 1. The summed E-state index contributed by atoms with van der Waals surface area (Å²) < 4.78 is 3.05. The maximum atomic E-state index is 6.08. The largest absolute Gasteiger partial charge is 0.348 e. The smallest absolute Gasteiger partial charge is 0.0555 e. The Hall–Kier alpha value is -0.510. The van der Waals surface area contributed by atoms with Crippen molar-refractivity contribution in [2.45, 2.75) is 13.5 Å². The third kappa shape index (κ3) is 1.59. The van der Waals surface area contributed by atoms with E-state index in [0.717, 1.165) is 20.4 Å². The summed E-state index contributed by atoms with van der Waals surface area (Å²) in [5.74, 6) is 0. The molecule has 1 aromatic heterocycles. The zero-order valence-corrected chi connectivity index (χ0v) is 11.0. The Labute approximate surface area is 102 Å². The van der Waals surface area contributed by atoms with Crippen molar-refractivity contribution in [2.75, 3.05) is 0 Å². The summed E-state index contributed by atoms with van der Waals surface area (Å²) in [7, 11) is 2.04. The minimum absolute atomic E-state index is 0.543. The van der Waals surface area contributed by atoms with Gasteiger partial charge >= 0.3 is 0 Å². The van der Waals surface area contributed by atoms with Gasteiger partial charge in [0.25, 0.3) is 0 Å². The number of hydrogen-bond acceptors (Lipinski definition) is 1. The van der Waals surface area contributed by atoms with E-state index in [2.05, 4.69) is 27.4 Å². The lowest BCUT2D eigenvalue weighted by atomic mass is 10.1. The summed E-state index contributed by atoms with van der Waals surface area (Å²) in [6.07, 6.45) is 0. The lowest BCUT2D eigenvalue weighted by molar-refractivity contribution is 0.894. The first kappa shape index (κ1) is 11.0. The van der Waals surface area contributed by atoms with Crippen LogP contribution in [0.1, 0.15) is 11.3 Å². The van der Waals surface area contributed by atoms with Crippen LogP contribution in [0.25, 0.3) is 10.9 Å². The molecule has 4 heteroatoms. The first-order valence-corrected chi connectivity index (χ1v) is 5.86. The number of nitrogens with zero attached hydrogens (tertiary/aromatic N) is 1. The van der Waals surface area contributed by atoms with Gasteiger partial charge in [0, 0.05) is 34.7 Å². The van der Waals surface area contributed by atoms with E-state index < -0.39 is 0 Å². The molecule has 0 saturated heterocycles. The molecule has 2 N–H and O–H groups in total. The highest BCUT2D eigenvalue weighted by molar-refractivity contribution is 9.10. The van der Waals surface area contributed by atoms with Gasteiger partial charge in [0.05, 0.1) is 5.02 Å². The van der Waals surface area contributed by atoms with Crippen molar-refractivity contribution in [3.8, 4) is 0 Å². The molecule has 0 saturated carbocycles. The third-order valence-electron chi connectivity index (χ3n) is 2.87. The molecule has 0 atom stereocenters. The summed E-state index contributed by atoms with van der Waals surface area (Å²) in [4.78, 5) is 0. The van der Waals surface area contributed by atoms with Crippen LogP contribution in [0, 0.1) is 6.92 Å². The topological polar surface area (TPSA) is 30.9 Å². The van der Waals surface area contributed by atoms with E-state index in [-0.39, 0.29) is 0 Å². The van der Waals surface area contributed by atoms with Crippen LogP contribution in [0.15, 0.2) is 16.6 Å². The van der Waals surface area contributed by atoms with Crippen molar-refractivity contribution in [3.63, 3.8) is 0 Å². The van der Waals surface area contributed by atoms with Gasteiger partial charge in [-0.2, -0.15) is 0 Å². The molecule has 2 aromatic rings. The van der Waals surface area contributed by atoms with Crippen molar-refractivity contribution in [3.05, 3.63) is 32.9 Å². The molecule has 0 bridgehead atoms. The molecular formula is C11H12BrClN2. The van der Waals surface area contributed by atoms with Crippen LogP contribution >= 0.6 is 27.5 Å². The molecule has 0 aliphatic heterocycles. The predicted molar refractivity (Wildman–Crippen MR) is 68.3 cm³/mol. The number of aromatic nitrogens is 1. The Bertz CT molecular complexity index is 531. The normalized spacial score (nSPS) is 11.3. The fourth-order valence-electron chi connectivity index (χ4n) is 1.89. The van der Waals surface area contributed by atoms with Crippen LogP contribution in [0.2, 0.25) is 5.02 Å². The van der Waals surface area contributed by atoms with Crippen LogP contribution in [0.3, 0.4) is 0 Å². The molecule has 2 nitrogen and oxygen atoms in total. The standard InChI is InChI=1S/C11H12BrClN2/c1-6-8(5-14)7-3-10(13)9(12)4-11(7)15(6)2/h3-4H,5,14H2,1-2H3. The number of hydrogen-bond donors (Lipinski definition) is 1. The number of rotatable bonds is 1. The second-order valence-electron chi connectivity index (χ2n) is 3.61. The quantitative estimate of drug-likeness (QED) is 0.856. The lowest BCUT2D eigenvalue weighted by Crippen LogP contribution is -1.98. The summed E-state index contributed by atoms with van der Waals surface area (Å²) in [6.45, 7) is 2.62. The first-order valence-electron chi connectivity index (χ1n) is 4.69. The fourth-order valence-corrected chi connectivity index (χ4v) is 2.39. The molecule has 80 valence electrons. The van der Waals surface area contributed by atoms with Crippen LogP contribution < -0.4 is 5.73 Å². The van der Waals surface area contributed by atoms with Crippen LogP contribution in [0.4, 0.5) is 0 Å². The van der Waals surface area contributed by atoms with Gasteiger partial charge in [0.2, 0.25) is 0 Å². The average Bonchev–Trinajstić information content (AvgIpc) is 2.42. The Morgan fingerprint density at radius 3 is 2.73 bits per heavy atom. The molecule has 1 aromatic carbocycles. The molecular weight excluding hydrogens is 275 g/mol. The van der Waals surface area contributed by atoms with E-state index >= 15 is 0 Å². The third-order valence-corrected chi connectivity index (χ3v) is 4.07. The van der Waals surface area contributed by atoms with Gasteiger partial charge in [-0.3, -0.25) is 0 Å². The van der Waals surface area contributed by atoms with Crippen LogP contribution in [-0.4, -0.2) is 4.57 Å². The molecule has 0 aliphatic rings. The Kier molecular flexibility index (Phi) is 2.79. The van der Waals surface area contributed by atoms with E-state index in [1.54, 1.807) is 0 Å². The fraction of sp³-hybridized carbons (Fsp3) is 0.273. The Morgan fingerprint density at radius 1 is 1.47 bits per heavy atom. The first-order chi connectivity index (χ1) is 7.06. The lowest BCUT2D eigenvalue weighted by Gasteiger charge is -2.00. The zero-order chi connectivity index (χ0) is 11.2. The van der Waals surface area contributed by atoms with E-state index in [0.29, 0.717) is 6.54 Å². The number of benzene rings is 1. The minimum atomic E-state index is 0.543. The molecule has 0 amide bonds. The maximum Gasteiger partial charge on any atom is 0.0555 e. The number of aryl methyl sites for hydroxylation is 1. The van der Waals surface area contributed by atoms with E-state index in [1.165, 1.54) is 11.3 Å². The van der Waals surface area contributed by atoms with Gasteiger partial charge < -0.3 is 10.3 Å². The molecule has 0 aliphatic carbocycles. The van der Waals surface area contributed by atoms with Crippen molar-refractivity contribution in [1.82, 2.24) is 4.57 Å². The van der Waals surface area contributed by atoms with Crippen molar-refractivity contribution < 1.29 is 0 Å². The highest BCUT2D eigenvalue weighted by Crippen LogP contribution is 2.32. The highest BCUT2D eigenvalue weighted by Gasteiger charge is 2.12. The van der Waals surface area contributed by atoms with Crippen molar-refractivity contribution in [2.24, 2.45) is 12.8 Å².